The molecule has 1 aliphatic rings. The fourth-order valence-electron chi connectivity index (χ4n) is 2.25. The lowest BCUT2D eigenvalue weighted by molar-refractivity contribution is -0.125. The van der Waals surface area contributed by atoms with Gasteiger partial charge < -0.3 is 4.90 Å². The van der Waals surface area contributed by atoms with Gasteiger partial charge in [0.2, 0.25) is 5.91 Å². The van der Waals surface area contributed by atoms with Crippen molar-refractivity contribution in [3.63, 3.8) is 0 Å². The monoisotopic (exact) mass is 310 g/mol. The van der Waals surface area contributed by atoms with Crippen molar-refractivity contribution in [3.8, 4) is 0 Å². The van der Waals surface area contributed by atoms with E-state index in [9.17, 15) is 18.0 Å². The Hall–Kier alpha value is -1.89. The lowest BCUT2D eigenvalue weighted by Crippen LogP contribution is -2.35. The SMILES string of the molecule is Cc1ccc(C)c(S(=O)(=O)CCN2C(=O)CN(C)C2=O)c1. The van der Waals surface area contributed by atoms with E-state index in [4.69, 9.17) is 0 Å². The molecule has 0 aliphatic carbocycles. The van der Waals surface area contributed by atoms with Gasteiger partial charge in [0.1, 0.15) is 6.54 Å². The number of aryl methyl sites for hydroxylation is 2. The van der Waals surface area contributed by atoms with Crippen LogP contribution in [0.15, 0.2) is 23.1 Å². The van der Waals surface area contributed by atoms with Gasteiger partial charge in [-0.1, -0.05) is 12.1 Å². The summed E-state index contributed by atoms with van der Waals surface area (Å²) in [6, 6.07) is 4.76. The van der Waals surface area contributed by atoms with Crippen molar-refractivity contribution < 1.29 is 18.0 Å². The predicted molar refractivity (Wildman–Crippen MR) is 77.7 cm³/mol. The van der Waals surface area contributed by atoms with Crippen LogP contribution in [0.3, 0.4) is 0 Å². The summed E-state index contributed by atoms with van der Waals surface area (Å²) in [7, 11) is -2.02. The van der Waals surface area contributed by atoms with Gasteiger partial charge in [-0.15, -0.1) is 0 Å². The van der Waals surface area contributed by atoms with E-state index in [1.54, 1.807) is 19.1 Å². The molecule has 114 valence electrons. The van der Waals surface area contributed by atoms with Crippen LogP contribution >= 0.6 is 0 Å². The van der Waals surface area contributed by atoms with Crippen molar-refractivity contribution in [1.82, 2.24) is 9.80 Å². The molecule has 3 amide bonds. The highest BCUT2D eigenvalue weighted by atomic mass is 32.2. The maximum absolute atomic E-state index is 12.4. The standard InChI is InChI=1S/C14H18N2O4S/c1-10-4-5-11(2)12(8-10)21(19,20)7-6-16-13(17)9-15(3)14(16)18/h4-5,8H,6-7,9H2,1-3H3. The number of hydrogen-bond acceptors (Lipinski definition) is 4. The van der Waals surface area contributed by atoms with Crippen LogP contribution in [0.5, 0.6) is 0 Å². The Morgan fingerprint density at radius 1 is 1.19 bits per heavy atom. The van der Waals surface area contributed by atoms with Gasteiger partial charge in [-0.2, -0.15) is 0 Å². The molecular weight excluding hydrogens is 292 g/mol. The molecule has 2 rings (SSSR count). The van der Waals surface area contributed by atoms with Gasteiger partial charge in [0.15, 0.2) is 9.84 Å². The Kier molecular flexibility index (Phi) is 4.04. The first kappa shape index (κ1) is 15.5. The molecule has 0 radical (unpaired) electrons. The molecule has 1 heterocycles. The van der Waals surface area contributed by atoms with Crippen LogP contribution in [0.1, 0.15) is 11.1 Å². The molecule has 0 saturated carbocycles. The summed E-state index contributed by atoms with van der Waals surface area (Å²) in [6.07, 6.45) is 0. The minimum atomic E-state index is -3.53. The molecule has 1 aromatic carbocycles. The second kappa shape index (κ2) is 5.48. The Morgan fingerprint density at radius 3 is 2.43 bits per heavy atom. The van der Waals surface area contributed by atoms with Crippen molar-refractivity contribution in [2.45, 2.75) is 18.7 Å². The summed E-state index contributed by atoms with van der Waals surface area (Å²) in [5.41, 5.74) is 1.52. The fraction of sp³-hybridized carbons (Fsp3) is 0.429. The highest BCUT2D eigenvalue weighted by molar-refractivity contribution is 7.91. The highest BCUT2D eigenvalue weighted by Gasteiger charge is 2.34. The first-order valence-corrected chi connectivity index (χ1v) is 8.23. The largest absolute Gasteiger partial charge is 0.326 e. The van der Waals surface area contributed by atoms with Gasteiger partial charge in [-0.3, -0.25) is 9.69 Å². The molecule has 1 fully saturated rings. The van der Waals surface area contributed by atoms with Crippen molar-refractivity contribution in [1.29, 1.82) is 0 Å². The van der Waals surface area contributed by atoms with Crippen LogP contribution in [-0.4, -0.2) is 56.0 Å². The van der Waals surface area contributed by atoms with E-state index in [-0.39, 0.29) is 29.6 Å². The zero-order chi connectivity index (χ0) is 15.8. The number of sulfone groups is 1. The predicted octanol–water partition coefficient (Wildman–Crippen LogP) is 0.971. The first-order chi connectivity index (χ1) is 9.72. The lowest BCUT2D eigenvalue weighted by atomic mass is 10.2. The maximum Gasteiger partial charge on any atom is 0.326 e. The van der Waals surface area contributed by atoms with Gasteiger partial charge in [0.25, 0.3) is 0 Å². The Labute approximate surface area is 124 Å². The number of carbonyl (C=O) groups is 2. The average molecular weight is 310 g/mol. The number of imide groups is 1. The molecule has 0 N–H and O–H groups in total. The number of carbonyl (C=O) groups excluding carboxylic acids is 2. The van der Waals surface area contributed by atoms with Crippen molar-refractivity contribution in [2.24, 2.45) is 0 Å². The van der Waals surface area contributed by atoms with Crippen molar-refractivity contribution in [2.75, 3.05) is 25.9 Å². The van der Waals surface area contributed by atoms with E-state index in [1.807, 2.05) is 13.0 Å². The number of rotatable bonds is 4. The quantitative estimate of drug-likeness (QED) is 0.777. The summed E-state index contributed by atoms with van der Waals surface area (Å²) in [5, 5.41) is 0. The molecular formula is C14H18N2O4S. The van der Waals surface area contributed by atoms with Gasteiger partial charge in [0.05, 0.1) is 10.6 Å². The third-order valence-electron chi connectivity index (χ3n) is 3.49. The Balaban J connectivity index is 2.17. The van der Waals surface area contributed by atoms with E-state index in [0.717, 1.165) is 10.5 Å². The minimum absolute atomic E-state index is 0.00234. The van der Waals surface area contributed by atoms with Crippen LogP contribution in [0.2, 0.25) is 0 Å². The zero-order valence-electron chi connectivity index (χ0n) is 12.3. The maximum atomic E-state index is 12.4. The summed E-state index contributed by atoms with van der Waals surface area (Å²) in [5.74, 6) is -0.624. The first-order valence-electron chi connectivity index (χ1n) is 6.58. The molecule has 1 aliphatic heterocycles. The Morgan fingerprint density at radius 2 is 1.86 bits per heavy atom. The summed E-state index contributed by atoms with van der Waals surface area (Å²) in [6.45, 7) is 3.44. The van der Waals surface area contributed by atoms with Crippen LogP contribution in [0, 0.1) is 13.8 Å². The average Bonchev–Trinajstić information content (AvgIpc) is 2.64. The third-order valence-corrected chi connectivity index (χ3v) is 5.32. The lowest BCUT2D eigenvalue weighted by Gasteiger charge is -2.15. The molecule has 0 atom stereocenters. The third kappa shape index (κ3) is 3.07. The van der Waals surface area contributed by atoms with E-state index < -0.39 is 15.9 Å². The van der Waals surface area contributed by atoms with Crippen molar-refractivity contribution >= 4 is 21.8 Å². The topological polar surface area (TPSA) is 74.8 Å². The van der Waals surface area contributed by atoms with Gasteiger partial charge >= 0.3 is 6.03 Å². The molecule has 0 spiro atoms. The number of urea groups is 1. The number of hydrogen-bond donors (Lipinski definition) is 0. The van der Waals surface area contributed by atoms with Gasteiger partial charge in [0, 0.05) is 13.6 Å². The molecule has 21 heavy (non-hydrogen) atoms. The van der Waals surface area contributed by atoms with Crippen LogP contribution < -0.4 is 0 Å². The number of nitrogens with zero attached hydrogens (tertiary/aromatic N) is 2. The summed E-state index contributed by atoms with van der Waals surface area (Å²) < 4.78 is 24.8. The summed E-state index contributed by atoms with van der Waals surface area (Å²) >= 11 is 0. The number of benzene rings is 1. The minimum Gasteiger partial charge on any atom is -0.318 e. The highest BCUT2D eigenvalue weighted by Crippen LogP contribution is 2.19. The second-order valence-corrected chi connectivity index (χ2v) is 7.35. The molecule has 1 aromatic rings. The normalized spacial score (nSPS) is 16.0. The van der Waals surface area contributed by atoms with E-state index >= 15 is 0 Å². The van der Waals surface area contributed by atoms with Crippen LogP contribution in [-0.2, 0) is 14.6 Å². The van der Waals surface area contributed by atoms with Crippen molar-refractivity contribution in [3.05, 3.63) is 29.3 Å². The second-order valence-electron chi connectivity index (χ2n) is 5.27. The van der Waals surface area contributed by atoms with Gasteiger partial charge in [-0.25, -0.2) is 13.2 Å². The van der Waals surface area contributed by atoms with Crippen LogP contribution in [0.25, 0.3) is 0 Å². The molecule has 0 unspecified atom stereocenters. The van der Waals surface area contributed by atoms with E-state index in [0.29, 0.717) is 5.56 Å². The summed E-state index contributed by atoms with van der Waals surface area (Å²) in [4.78, 5) is 25.9. The van der Waals surface area contributed by atoms with Crippen LogP contribution in [0.4, 0.5) is 4.79 Å². The number of amides is 3. The molecule has 0 bridgehead atoms. The van der Waals surface area contributed by atoms with E-state index in [1.165, 1.54) is 11.9 Å². The van der Waals surface area contributed by atoms with E-state index in [2.05, 4.69) is 0 Å². The smallest absolute Gasteiger partial charge is 0.318 e. The van der Waals surface area contributed by atoms with Gasteiger partial charge in [-0.05, 0) is 31.0 Å². The molecule has 1 saturated heterocycles. The zero-order valence-corrected chi connectivity index (χ0v) is 13.1. The Bertz CT molecular complexity index is 697. The number of likely N-dealkylation sites (N-methyl/N-ethyl adjacent to an activating group) is 1. The fourth-order valence-corrected chi connectivity index (χ4v) is 3.82. The molecule has 0 aromatic heterocycles. The molecule has 6 nitrogen and oxygen atoms in total. The molecule has 7 heteroatoms.